The van der Waals surface area contributed by atoms with Gasteiger partial charge in [0.2, 0.25) is 0 Å². The van der Waals surface area contributed by atoms with Crippen LogP contribution in [0.15, 0.2) is 13.2 Å². The van der Waals surface area contributed by atoms with Crippen LogP contribution in [0.25, 0.3) is 0 Å². The normalized spacial score (nSPS) is 8.53. The van der Waals surface area contributed by atoms with Gasteiger partial charge in [0.1, 0.15) is 12.6 Å². The van der Waals surface area contributed by atoms with Crippen LogP contribution in [0, 0.1) is 0 Å². The molecule has 0 heterocycles. The van der Waals surface area contributed by atoms with Crippen molar-refractivity contribution < 1.29 is 9.59 Å². The molecule has 0 radical (unpaired) electrons. The van der Waals surface area contributed by atoms with E-state index in [9.17, 15) is 5.11 Å². The second kappa shape index (κ2) is 29.6. The first-order valence-electron chi connectivity index (χ1n) is 3.94. The molecular weight excluding hydrogens is 210 g/mol. The molecule has 0 aliphatic carbocycles. The molecule has 0 spiro atoms. The summed E-state index contributed by atoms with van der Waals surface area (Å²) in [6, 6.07) is 0. The molecule has 0 bridgehead atoms. The third-order valence-electron chi connectivity index (χ3n) is 1.23. The van der Waals surface area contributed by atoms with Crippen molar-refractivity contribution in [3.8, 4) is 0 Å². The van der Waals surface area contributed by atoms with E-state index >= 15 is 0 Å². The summed E-state index contributed by atoms with van der Waals surface area (Å²) in [6.45, 7) is 8.84. The summed E-state index contributed by atoms with van der Waals surface area (Å²) < 4.78 is 0.842. The molecule has 2 heteroatoms. The topological polar surface area (TPSA) is 20.2 Å². The fraction of sp³-hybridized carbons (Fsp3) is 0.867. The standard InChI is InChI=1S/C7H18NO.C2H4.6CH4/c1-5-7(9)6-8(2,3)4;1-2;;;;;;/h7,9H,5-6H2,1-4H3;1-2H2;6*1H4/q+1;;;;;;;. The number of rotatable bonds is 3. The minimum Gasteiger partial charge on any atom is -0.387 e. The van der Waals surface area contributed by atoms with Crippen molar-refractivity contribution >= 4 is 0 Å². The molecular formula is C15H46NO+. The highest BCUT2D eigenvalue weighted by atomic mass is 16.3. The summed E-state index contributed by atoms with van der Waals surface area (Å²) in [7, 11) is 6.25. The third kappa shape index (κ3) is 65.9. The van der Waals surface area contributed by atoms with Gasteiger partial charge in [0.15, 0.2) is 0 Å². The van der Waals surface area contributed by atoms with Gasteiger partial charge in [-0.3, -0.25) is 0 Å². The summed E-state index contributed by atoms with van der Waals surface area (Å²) in [5.41, 5.74) is 0. The van der Waals surface area contributed by atoms with Gasteiger partial charge < -0.3 is 9.59 Å². The van der Waals surface area contributed by atoms with E-state index in [1.807, 2.05) is 6.92 Å². The summed E-state index contributed by atoms with van der Waals surface area (Å²) in [4.78, 5) is 0. The lowest BCUT2D eigenvalue weighted by molar-refractivity contribution is -0.873. The predicted molar refractivity (Wildman–Crippen MR) is 90.8 cm³/mol. The van der Waals surface area contributed by atoms with Crippen molar-refractivity contribution in [3.05, 3.63) is 13.2 Å². The Morgan fingerprint density at radius 3 is 1.18 bits per heavy atom. The number of aliphatic hydroxyl groups is 1. The number of hydrogen-bond donors (Lipinski definition) is 1. The largest absolute Gasteiger partial charge is 0.387 e. The maximum atomic E-state index is 9.18. The second-order valence-electron chi connectivity index (χ2n) is 3.53. The zero-order valence-electron chi connectivity index (χ0n) is 8.30. The van der Waals surface area contributed by atoms with Gasteiger partial charge in [-0.15, -0.1) is 13.2 Å². The highest BCUT2D eigenvalue weighted by molar-refractivity contribution is 4.47. The summed E-state index contributed by atoms with van der Waals surface area (Å²) in [5, 5.41) is 9.18. The van der Waals surface area contributed by atoms with Gasteiger partial charge in [0.05, 0.1) is 21.1 Å². The van der Waals surface area contributed by atoms with E-state index in [0.29, 0.717) is 0 Å². The molecule has 2 nitrogen and oxygen atoms in total. The predicted octanol–water partition coefficient (Wildman–Crippen LogP) is 5.08. The van der Waals surface area contributed by atoms with E-state index < -0.39 is 0 Å². The van der Waals surface area contributed by atoms with Crippen LogP contribution in [0.3, 0.4) is 0 Å². The minimum absolute atomic E-state index is 0. The van der Waals surface area contributed by atoms with Crippen LogP contribution in [0.5, 0.6) is 0 Å². The van der Waals surface area contributed by atoms with Crippen LogP contribution in [0.1, 0.15) is 57.9 Å². The lowest BCUT2D eigenvalue weighted by atomic mass is 10.2. The first-order chi connectivity index (χ1) is 4.95. The summed E-state index contributed by atoms with van der Waals surface area (Å²) in [5.74, 6) is 0. The van der Waals surface area contributed by atoms with Crippen molar-refractivity contribution in [1.82, 2.24) is 0 Å². The van der Waals surface area contributed by atoms with Crippen molar-refractivity contribution in [2.75, 3.05) is 27.7 Å². The van der Waals surface area contributed by atoms with Gasteiger partial charge in [0, 0.05) is 0 Å². The minimum atomic E-state index is -0.134. The number of aliphatic hydroxyl groups excluding tert-OH is 1. The fourth-order valence-corrected chi connectivity index (χ4v) is 0.761. The number of hydrogen-bond acceptors (Lipinski definition) is 1. The molecule has 1 atom stereocenters. The van der Waals surface area contributed by atoms with Crippen molar-refractivity contribution in [2.45, 2.75) is 64.0 Å². The van der Waals surface area contributed by atoms with Crippen LogP contribution in [-0.2, 0) is 0 Å². The monoisotopic (exact) mass is 256 g/mol. The molecule has 0 aromatic rings. The maximum Gasteiger partial charge on any atom is 0.104 e. The van der Waals surface area contributed by atoms with Gasteiger partial charge in [0.25, 0.3) is 0 Å². The van der Waals surface area contributed by atoms with Gasteiger partial charge in [-0.25, -0.2) is 0 Å². The molecule has 0 rings (SSSR count). The SMILES string of the molecule is C.C.C.C.C.C.C=C.CCC(O)C[N+](C)(C)C. The highest BCUT2D eigenvalue weighted by Crippen LogP contribution is 1.97. The average Bonchev–Trinajstić information content (AvgIpc) is 1.89. The van der Waals surface area contributed by atoms with Crippen LogP contribution >= 0.6 is 0 Å². The highest BCUT2D eigenvalue weighted by Gasteiger charge is 2.12. The van der Waals surface area contributed by atoms with Crippen LogP contribution in [0.4, 0.5) is 0 Å². The van der Waals surface area contributed by atoms with Gasteiger partial charge in [-0.05, 0) is 6.42 Å². The Bertz CT molecular complexity index is 87.4. The Labute approximate surface area is 115 Å². The third-order valence-corrected chi connectivity index (χ3v) is 1.23. The van der Waals surface area contributed by atoms with E-state index in [-0.39, 0.29) is 50.7 Å². The Morgan fingerprint density at radius 1 is 0.882 bits per heavy atom. The molecule has 0 saturated heterocycles. The number of quaternary nitrogens is 1. The zero-order valence-corrected chi connectivity index (χ0v) is 8.30. The van der Waals surface area contributed by atoms with Crippen LogP contribution < -0.4 is 0 Å². The second-order valence-corrected chi connectivity index (χ2v) is 3.53. The number of nitrogens with zero attached hydrogens (tertiary/aromatic N) is 1. The van der Waals surface area contributed by atoms with E-state index in [4.69, 9.17) is 0 Å². The maximum absolute atomic E-state index is 9.18. The molecule has 1 N–H and O–H groups in total. The van der Waals surface area contributed by atoms with E-state index in [1.54, 1.807) is 0 Å². The lowest BCUT2D eigenvalue weighted by Crippen LogP contribution is -2.41. The Kier molecular flexibility index (Phi) is 94.9. The number of likely N-dealkylation sites (N-methyl/N-ethyl adjacent to an activating group) is 1. The lowest BCUT2D eigenvalue weighted by Gasteiger charge is -2.26. The van der Waals surface area contributed by atoms with Gasteiger partial charge >= 0.3 is 0 Å². The smallest absolute Gasteiger partial charge is 0.104 e. The molecule has 0 fully saturated rings. The molecule has 0 aliphatic heterocycles. The summed E-state index contributed by atoms with van der Waals surface area (Å²) in [6.07, 6.45) is 0.722. The van der Waals surface area contributed by atoms with Crippen LogP contribution in [0.2, 0.25) is 0 Å². The van der Waals surface area contributed by atoms with Crippen molar-refractivity contribution in [1.29, 1.82) is 0 Å². The van der Waals surface area contributed by atoms with Crippen molar-refractivity contribution in [2.24, 2.45) is 0 Å². The quantitative estimate of drug-likeness (QED) is 0.551. The van der Waals surface area contributed by atoms with Gasteiger partial charge in [-0.2, -0.15) is 0 Å². The van der Waals surface area contributed by atoms with Crippen molar-refractivity contribution in [3.63, 3.8) is 0 Å². The average molecular weight is 257 g/mol. The van der Waals surface area contributed by atoms with Gasteiger partial charge in [-0.1, -0.05) is 51.5 Å². The Balaban J connectivity index is -0.0000000160. The molecule has 0 aromatic heterocycles. The molecule has 17 heavy (non-hydrogen) atoms. The van der Waals surface area contributed by atoms with Crippen LogP contribution in [-0.4, -0.2) is 43.4 Å². The van der Waals surface area contributed by atoms with E-state index in [0.717, 1.165) is 17.4 Å². The Hall–Kier alpha value is -0.340. The first kappa shape index (κ1) is 54.5. The Morgan fingerprint density at radius 2 is 1.12 bits per heavy atom. The molecule has 0 saturated carbocycles. The molecule has 0 aromatic carbocycles. The molecule has 0 aliphatic rings. The first-order valence-corrected chi connectivity index (χ1v) is 3.94. The molecule has 116 valence electrons. The summed E-state index contributed by atoms with van der Waals surface area (Å²) >= 11 is 0. The molecule has 1 unspecified atom stereocenters. The van der Waals surface area contributed by atoms with E-state index in [1.165, 1.54) is 0 Å². The van der Waals surface area contributed by atoms with E-state index in [2.05, 4.69) is 34.3 Å². The zero-order chi connectivity index (χ0) is 9.49. The fourth-order valence-electron chi connectivity index (χ4n) is 0.761. The molecule has 0 amide bonds.